The average Bonchev–Trinajstić information content (AvgIpc) is 2.30. The zero-order valence-corrected chi connectivity index (χ0v) is 7.91. The monoisotopic (exact) mass is 199 g/mol. The van der Waals surface area contributed by atoms with Crippen LogP contribution in [0.15, 0.2) is 48.5 Å². The van der Waals surface area contributed by atoms with E-state index in [9.17, 15) is 9.18 Å². The molecule has 0 aliphatic heterocycles. The van der Waals surface area contributed by atoms with E-state index >= 15 is 0 Å². The van der Waals surface area contributed by atoms with E-state index in [0.717, 1.165) is 0 Å². The Balaban J connectivity index is 2.42. The number of halogens is 1. The van der Waals surface area contributed by atoms with Crippen LogP contribution in [0.3, 0.4) is 0 Å². The van der Waals surface area contributed by atoms with Crippen molar-refractivity contribution in [2.24, 2.45) is 0 Å². The zero-order chi connectivity index (χ0) is 10.7. The van der Waals surface area contributed by atoms with Crippen molar-refractivity contribution >= 4 is 5.78 Å². The summed E-state index contributed by atoms with van der Waals surface area (Å²) in [6.45, 7) is 0. The van der Waals surface area contributed by atoms with E-state index in [1.54, 1.807) is 36.4 Å². The first kappa shape index (κ1) is 9.59. The lowest BCUT2D eigenvalue weighted by Gasteiger charge is -2.01. The van der Waals surface area contributed by atoms with Crippen LogP contribution in [0.1, 0.15) is 15.9 Å². The third-order valence-electron chi connectivity index (χ3n) is 2.10. The summed E-state index contributed by atoms with van der Waals surface area (Å²) in [6, 6.07) is 15.3. The standard InChI is InChI=1S/C13H8FO/c14-12-9-5-4-8-11(12)13(15)10-6-2-1-3-7-10/h2-9H. The summed E-state index contributed by atoms with van der Waals surface area (Å²) in [7, 11) is 0. The molecule has 2 rings (SSSR count). The average molecular weight is 199 g/mol. The molecule has 0 saturated heterocycles. The molecule has 1 nitrogen and oxygen atoms in total. The maximum absolute atomic E-state index is 13.3. The van der Waals surface area contributed by atoms with E-state index in [1.807, 2.05) is 0 Å². The van der Waals surface area contributed by atoms with Gasteiger partial charge in [-0.3, -0.25) is 4.79 Å². The molecule has 0 heterocycles. The number of benzene rings is 2. The van der Waals surface area contributed by atoms with E-state index < -0.39 is 5.82 Å². The van der Waals surface area contributed by atoms with Crippen molar-refractivity contribution in [2.45, 2.75) is 0 Å². The predicted molar refractivity (Wildman–Crippen MR) is 55.1 cm³/mol. The van der Waals surface area contributed by atoms with Crippen LogP contribution < -0.4 is 0 Å². The molecule has 0 unspecified atom stereocenters. The molecule has 2 aromatic carbocycles. The summed E-state index contributed by atoms with van der Waals surface area (Å²) in [4.78, 5) is 11.8. The summed E-state index contributed by atoms with van der Waals surface area (Å²) < 4.78 is 13.3. The van der Waals surface area contributed by atoms with Gasteiger partial charge in [0.25, 0.3) is 0 Å². The molecule has 0 atom stereocenters. The number of carbonyl (C=O) groups is 1. The maximum atomic E-state index is 13.3. The number of hydrogen-bond acceptors (Lipinski definition) is 1. The van der Waals surface area contributed by atoms with Crippen LogP contribution in [0.4, 0.5) is 4.39 Å². The lowest BCUT2D eigenvalue weighted by molar-refractivity contribution is 0.103. The fraction of sp³-hybridized carbons (Fsp3) is 0. The minimum atomic E-state index is -0.490. The van der Waals surface area contributed by atoms with Gasteiger partial charge in [-0.2, -0.15) is 0 Å². The van der Waals surface area contributed by atoms with E-state index in [1.165, 1.54) is 12.1 Å². The molecule has 0 aliphatic carbocycles. The topological polar surface area (TPSA) is 17.1 Å². The van der Waals surface area contributed by atoms with Gasteiger partial charge in [0.2, 0.25) is 0 Å². The smallest absolute Gasteiger partial charge is 0.195 e. The summed E-state index contributed by atoms with van der Waals surface area (Å²) in [5, 5.41) is 0. The molecule has 0 saturated carbocycles. The van der Waals surface area contributed by atoms with Crippen LogP contribution in [0.2, 0.25) is 0 Å². The fourth-order valence-electron chi connectivity index (χ4n) is 1.34. The molecule has 1 radical (unpaired) electrons. The Labute approximate surface area is 87.2 Å². The molecule has 73 valence electrons. The van der Waals surface area contributed by atoms with Crippen LogP contribution in [0.5, 0.6) is 0 Å². The predicted octanol–water partition coefficient (Wildman–Crippen LogP) is 2.86. The highest BCUT2D eigenvalue weighted by Gasteiger charge is 2.12. The van der Waals surface area contributed by atoms with Gasteiger partial charge in [0.05, 0.1) is 5.56 Å². The number of ketones is 1. The molecule has 0 fully saturated rings. The van der Waals surface area contributed by atoms with Crippen LogP contribution in [0, 0.1) is 11.9 Å². The van der Waals surface area contributed by atoms with Gasteiger partial charge in [-0.25, -0.2) is 4.39 Å². The van der Waals surface area contributed by atoms with Crippen molar-refractivity contribution < 1.29 is 9.18 Å². The van der Waals surface area contributed by atoms with Gasteiger partial charge in [-0.05, 0) is 18.2 Å². The summed E-state index contributed by atoms with van der Waals surface area (Å²) in [5.74, 6) is -0.794. The van der Waals surface area contributed by atoms with Gasteiger partial charge in [-0.15, -0.1) is 0 Å². The molecule has 2 heteroatoms. The molecular formula is C13H8FO. The first-order valence-electron chi connectivity index (χ1n) is 4.54. The third-order valence-corrected chi connectivity index (χ3v) is 2.10. The largest absolute Gasteiger partial charge is 0.288 e. The highest BCUT2D eigenvalue weighted by atomic mass is 19.1. The zero-order valence-electron chi connectivity index (χ0n) is 7.91. The van der Waals surface area contributed by atoms with Crippen molar-refractivity contribution in [3.8, 4) is 0 Å². The highest BCUT2D eigenvalue weighted by molar-refractivity contribution is 6.09. The van der Waals surface area contributed by atoms with Gasteiger partial charge >= 0.3 is 0 Å². The molecule has 2 aromatic rings. The second-order valence-electron chi connectivity index (χ2n) is 3.10. The number of hydrogen-bond donors (Lipinski definition) is 0. The Morgan fingerprint density at radius 1 is 1.07 bits per heavy atom. The Kier molecular flexibility index (Phi) is 2.59. The van der Waals surface area contributed by atoms with Crippen LogP contribution in [-0.4, -0.2) is 5.78 Å². The second-order valence-corrected chi connectivity index (χ2v) is 3.10. The van der Waals surface area contributed by atoms with E-state index in [4.69, 9.17) is 0 Å². The van der Waals surface area contributed by atoms with Gasteiger partial charge in [0, 0.05) is 5.56 Å². The molecule has 0 aromatic heterocycles. The van der Waals surface area contributed by atoms with Crippen molar-refractivity contribution in [3.63, 3.8) is 0 Å². The van der Waals surface area contributed by atoms with E-state index in [2.05, 4.69) is 6.07 Å². The summed E-state index contributed by atoms with van der Waals surface area (Å²) in [5.41, 5.74) is 0.572. The van der Waals surface area contributed by atoms with Crippen LogP contribution in [-0.2, 0) is 0 Å². The van der Waals surface area contributed by atoms with Gasteiger partial charge < -0.3 is 0 Å². The third kappa shape index (κ3) is 1.94. The van der Waals surface area contributed by atoms with Gasteiger partial charge in [0.15, 0.2) is 5.78 Å². The second kappa shape index (κ2) is 4.05. The quantitative estimate of drug-likeness (QED) is 0.680. The molecule has 0 N–H and O–H groups in total. The van der Waals surface area contributed by atoms with Crippen LogP contribution in [0.25, 0.3) is 0 Å². The fourth-order valence-corrected chi connectivity index (χ4v) is 1.34. The Hall–Kier alpha value is -1.96. The van der Waals surface area contributed by atoms with E-state index in [-0.39, 0.29) is 11.3 Å². The van der Waals surface area contributed by atoms with Crippen LogP contribution >= 0.6 is 0 Å². The lowest BCUT2D eigenvalue weighted by Crippen LogP contribution is -2.03. The van der Waals surface area contributed by atoms with Crippen molar-refractivity contribution in [1.82, 2.24) is 0 Å². The number of rotatable bonds is 2. The molecule has 0 amide bonds. The Morgan fingerprint density at radius 2 is 1.73 bits per heavy atom. The van der Waals surface area contributed by atoms with Crippen molar-refractivity contribution in [3.05, 3.63) is 71.5 Å². The molecule has 0 aliphatic rings. The first-order chi connectivity index (χ1) is 7.29. The summed E-state index contributed by atoms with van der Waals surface area (Å²) in [6.07, 6.45) is 0. The summed E-state index contributed by atoms with van der Waals surface area (Å²) >= 11 is 0. The molecule has 15 heavy (non-hydrogen) atoms. The van der Waals surface area contributed by atoms with Gasteiger partial charge in [-0.1, -0.05) is 36.4 Å². The Morgan fingerprint density at radius 3 is 2.40 bits per heavy atom. The first-order valence-corrected chi connectivity index (χ1v) is 4.54. The molecule has 0 spiro atoms. The minimum Gasteiger partial charge on any atom is -0.288 e. The lowest BCUT2D eigenvalue weighted by atomic mass is 10.0. The maximum Gasteiger partial charge on any atom is 0.195 e. The SMILES string of the molecule is O=C(c1cc[c]cc1)c1ccccc1F. The van der Waals surface area contributed by atoms with Crippen molar-refractivity contribution in [2.75, 3.05) is 0 Å². The van der Waals surface area contributed by atoms with E-state index in [0.29, 0.717) is 5.56 Å². The normalized spacial score (nSPS) is 9.93. The van der Waals surface area contributed by atoms with Crippen molar-refractivity contribution in [1.29, 1.82) is 0 Å². The molecule has 0 bridgehead atoms. The Bertz CT molecular complexity index is 477. The minimum absolute atomic E-state index is 0.101. The number of carbonyl (C=O) groups excluding carboxylic acids is 1. The highest BCUT2D eigenvalue weighted by Crippen LogP contribution is 2.12. The van der Waals surface area contributed by atoms with Gasteiger partial charge in [0.1, 0.15) is 5.82 Å². The molecular weight excluding hydrogens is 191 g/mol.